The van der Waals surface area contributed by atoms with Crippen molar-refractivity contribution in [1.82, 2.24) is 29.6 Å². The number of nitrogens with two attached hydrogens (primary N) is 1. The molecule has 5 N–H and O–H groups in total. The van der Waals surface area contributed by atoms with Crippen molar-refractivity contribution >= 4 is 17.7 Å². The lowest BCUT2D eigenvalue weighted by Crippen LogP contribution is -2.27. The molecule has 0 aliphatic heterocycles. The van der Waals surface area contributed by atoms with Crippen LogP contribution < -0.4 is 20.9 Å². The topological polar surface area (TPSA) is 202 Å². The van der Waals surface area contributed by atoms with Gasteiger partial charge in [0.25, 0.3) is 11.9 Å². The van der Waals surface area contributed by atoms with E-state index in [4.69, 9.17) is 30.5 Å². The number of halogens is 3. The van der Waals surface area contributed by atoms with Gasteiger partial charge in [0.05, 0.1) is 7.11 Å². The number of alkyl halides is 3. The minimum absolute atomic E-state index is 0.0212. The molecule has 238 valence electrons. The van der Waals surface area contributed by atoms with E-state index in [1.54, 1.807) is 44.4 Å². The first-order chi connectivity index (χ1) is 21.2. The highest BCUT2D eigenvalue weighted by molar-refractivity contribution is 5.94. The Morgan fingerprint density at radius 3 is 2.27 bits per heavy atom. The number of likely N-dealkylation sites (N-methyl/N-ethyl adjacent to an activating group) is 1. The summed E-state index contributed by atoms with van der Waals surface area (Å²) in [4.78, 5) is 46.2. The number of carbonyl (C=O) groups excluding carboxylic acids is 1. The lowest BCUT2D eigenvalue weighted by molar-refractivity contribution is -0.192. The molecule has 2 aromatic carbocycles. The van der Waals surface area contributed by atoms with E-state index in [-0.39, 0.29) is 24.3 Å². The normalized spacial score (nSPS) is 11.5. The number of benzene rings is 2. The average Bonchev–Trinajstić information content (AvgIpc) is 3.40. The number of hydrogen-bond donors (Lipinski definition) is 4. The highest BCUT2D eigenvalue weighted by Crippen LogP contribution is 2.34. The van der Waals surface area contributed by atoms with Gasteiger partial charge in [-0.2, -0.15) is 13.2 Å². The highest BCUT2D eigenvalue weighted by Gasteiger charge is 2.38. The fraction of sp³-hybridized carbons (Fsp3) is 0.250. The van der Waals surface area contributed by atoms with Crippen LogP contribution in [0.1, 0.15) is 28.4 Å². The Kier molecular flexibility index (Phi) is 11.0. The summed E-state index contributed by atoms with van der Waals surface area (Å²) in [6.45, 7) is -0.135. The van der Waals surface area contributed by atoms with Gasteiger partial charge in [0.1, 0.15) is 11.7 Å². The van der Waals surface area contributed by atoms with Crippen LogP contribution in [-0.2, 0) is 16.0 Å². The number of carboxylic acids is 1. The molecule has 0 spiro atoms. The molecule has 45 heavy (non-hydrogen) atoms. The van der Waals surface area contributed by atoms with Crippen LogP contribution in [0.2, 0.25) is 0 Å². The third kappa shape index (κ3) is 9.12. The Balaban J connectivity index is 0.000000707. The Labute approximate surface area is 253 Å². The van der Waals surface area contributed by atoms with Gasteiger partial charge in [-0.15, -0.1) is 9.78 Å². The molecule has 1 amide bonds. The summed E-state index contributed by atoms with van der Waals surface area (Å²) in [6, 6.07) is 14.3. The number of nitrogen functional groups attached to an aromatic ring is 1. The van der Waals surface area contributed by atoms with E-state index in [0.717, 1.165) is 15.8 Å². The van der Waals surface area contributed by atoms with Crippen molar-refractivity contribution in [2.75, 3.05) is 27.8 Å². The Bertz CT molecular complexity index is 1690. The Morgan fingerprint density at radius 1 is 1.11 bits per heavy atom. The summed E-state index contributed by atoms with van der Waals surface area (Å²) in [7, 11) is 4.82. The quantitative estimate of drug-likeness (QED) is 0.148. The molecule has 1 unspecified atom stereocenters. The van der Waals surface area contributed by atoms with Gasteiger partial charge in [-0.3, -0.25) is 15.2 Å². The van der Waals surface area contributed by atoms with Crippen molar-refractivity contribution in [3.63, 3.8) is 0 Å². The van der Waals surface area contributed by atoms with Crippen LogP contribution in [0, 0.1) is 5.41 Å². The number of carboxylic acid groups (broad SMARTS) is 1. The third-order valence-electron chi connectivity index (χ3n) is 6.09. The van der Waals surface area contributed by atoms with Gasteiger partial charge in [0, 0.05) is 38.0 Å². The minimum atomic E-state index is -5.08. The van der Waals surface area contributed by atoms with Crippen LogP contribution in [0.4, 0.5) is 13.2 Å². The zero-order valence-electron chi connectivity index (χ0n) is 24.2. The number of nitrogens with zero attached hydrogens (tertiary/aromatic N) is 5. The molecule has 0 saturated carbocycles. The predicted molar refractivity (Wildman–Crippen MR) is 154 cm³/mol. The van der Waals surface area contributed by atoms with E-state index < -0.39 is 23.8 Å². The molecular formula is C28H29F3N8O6. The molecule has 0 radical (unpaired) electrons. The number of carbonyl (C=O) groups is 2. The predicted octanol–water partition coefficient (Wildman–Crippen LogP) is 2.12. The number of aliphatic carboxylic acids is 1. The molecule has 17 heteroatoms. The number of aromatic nitrogens is 5. The molecule has 4 aromatic rings. The highest BCUT2D eigenvalue weighted by atomic mass is 19.4. The number of ether oxygens (including phenoxy) is 2. The van der Waals surface area contributed by atoms with E-state index in [1.165, 1.54) is 24.4 Å². The van der Waals surface area contributed by atoms with Gasteiger partial charge < -0.3 is 25.2 Å². The standard InChI is InChI=1S/C26H28N8O4.C2HF3O2/c1-33(2)22(35)15-38-20-10-9-18(14-21(20)37-3)19(13-16-5-7-17(8-6-16)23(27)28)24-31-26(36)34(32-24)25-29-11-4-12-30-25;3-2(4,5)1(6)7/h4-12,14,19H,13,15H2,1-3H3,(H3,27,28)(H,31,32,36);(H,6,7). The zero-order valence-corrected chi connectivity index (χ0v) is 24.2. The fourth-order valence-corrected chi connectivity index (χ4v) is 3.75. The van der Waals surface area contributed by atoms with E-state index in [1.807, 2.05) is 18.2 Å². The summed E-state index contributed by atoms with van der Waals surface area (Å²) < 4.78 is 44.1. The van der Waals surface area contributed by atoms with Crippen LogP contribution >= 0.6 is 0 Å². The smallest absolute Gasteiger partial charge is 0.490 e. The number of hydrogen-bond acceptors (Lipinski definition) is 9. The monoisotopic (exact) mass is 630 g/mol. The van der Waals surface area contributed by atoms with Crippen molar-refractivity contribution in [3.8, 4) is 17.4 Å². The molecule has 0 fully saturated rings. The number of nitrogens with one attached hydrogen (secondary N) is 2. The first-order valence-corrected chi connectivity index (χ1v) is 12.9. The SMILES string of the molecule is COc1cc(C(Cc2ccc(C(=N)N)cc2)c2nn(-c3ncccn3)c(=O)[nH]2)ccc1OCC(=O)N(C)C.O=C(O)C(F)(F)F. The first-order valence-electron chi connectivity index (χ1n) is 12.9. The molecule has 4 rings (SSSR count). The first kappa shape index (κ1) is 33.8. The van der Waals surface area contributed by atoms with Gasteiger partial charge in [0.2, 0.25) is 0 Å². The van der Waals surface area contributed by atoms with E-state index in [9.17, 15) is 22.8 Å². The molecule has 1 atom stereocenters. The summed E-state index contributed by atoms with van der Waals surface area (Å²) >= 11 is 0. The summed E-state index contributed by atoms with van der Waals surface area (Å²) in [6.07, 6.45) is -1.56. The molecule has 14 nitrogen and oxygen atoms in total. The second kappa shape index (κ2) is 14.6. The van der Waals surface area contributed by atoms with Crippen molar-refractivity contribution < 1.29 is 37.3 Å². The summed E-state index contributed by atoms with van der Waals surface area (Å²) in [5.41, 5.74) is 7.46. The zero-order chi connectivity index (χ0) is 33.3. The largest absolute Gasteiger partial charge is 0.493 e. The van der Waals surface area contributed by atoms with E-state index in [0.29, 0.717) is 29.3 Å². The van der Waals surface area contributed by atoms with Gasteiger partial charge in [-0.05, 0) is 35.7 Å². The van der Waals surface area contributed by atoms with Crippen LogP contribution in [0.25, 0.3) is 5.95 Å². The second-order valence-corrected chi connectivity index (χ2v) is 9.43. The lowest BCUT2D eigenvalue weighted by Gasteiger charge is -2.18. The average molecular weight is 631 g/mol. The van der Waals surface area contributed by atoms with Gasteiger partial charge in [-0.25, -0.2) is 19.6 Å². The van der Waals surface area contributed by atoms with Gasteiger partial charge in [-0.1, -0.05) is 30.3 Å². The number of amidine groups is 1. The number of methoxy groups -OCH3 is 1. The minimum Gasteiger partial charge on any atom is -0.493 e. The van der Waals surface area contributed by atoms with Crippen molar-refractivity contribution in [1.29, 1.82) is 5.41 Å². The van der Waals surface area contributed by atoms with E-state index in [2.05, 4.69) is 20.1 Å². The molecule has 0 saturated heterocycles. The summed E-state index contributed by atoms with van der Waals surface area (Å²) in [5, 5.41) is 19.3. The van der Waals surface area contributed by atoms with Gasteiger partial charge in [0.15, 0.2) is 18.1 Å². The second-order valence-electron chi connectivity index (χ2n) is 9.43. The van der Waals surface area contributed by atoms with Crippen molar-refractivity contribution in [2.45, 2.75) is 18.5 Å². The maximum absolute atomic E-state index is 12.8. The maximum atomic E-state index is 12.8. The van der Waals surface area contributed by atoms with Crippen molar-refractivity contribution in [2.24, 2.45) is 5.73 Å². The third-order valence-corrected chi connectivity index (χ3v) is 6.09. The van der Waals surface area contributed by atoms with Crippen LogP contribution in [-0.4, -0.2) is 86.4 Å². The molecule has 2 heterocycles. The van der Waals surface area contributed by atoms with Crippen LogP contribution in [0.15, 0.2) is 65.7 Å². The molecule has 2 aromatic heterocycles. The number of rotatable bonds is 10. The number of H-pyrrole nitrogens is 1. The molecule has 0 aliphatic carbocycles. The maximum Gasteiger partial charge on any atom is 0.490 e. The summed E-state index contributed by atoms with van der Waals surface area (Å²) in [5.74, 6) is -1.98. The van der Waals surface area contributed by atoms with Crippen LogP contribution in [0.5, 0.6) is 11.5 Å². The lowest BCUT2D eigenvalue weighted by atomic mass is 9.90. The fourth-order valence-electron chi connectivity index (χ4n) is 3.75. The van der Waals surface area contributed by atoms with Crippen molar-refractivity contribution in [3.05, 3.63) is 93.9 Å². The number of aromatic amines is 1. The Morgan fingerprint density at radius 2 is 1.73 bits per heavy atom. The molecule has 0 aliphatic rings. The number of amides is 1. The Hall–Kier alpha value is -5.74. The van der Waals surface area contributed by atoms with E-state index >= 15 is 0 Å². The van der Waals surface area contributed by atoms with Crippen LogP contribution in [0.3, 0.4) is 0 Å². The molecule has 0 bridgehead atoms. The van der Waals surface area contributed by atoms with Gasteiger partial charge >= 0.3 is 17.8 Å². The molecular weight excluding hydrogens is 601 g/mol.